The summed E-state index contributed by atoms with van der Waals surface area (Å²) in [5, 5.41) is 0. The molecule has 0 aromatic heterocycles. The number of hydrogen-bond acceptors (Lipinski definition) is 0. The zero-order valence-corrected chi connectivity index (χ0v) is 9.23. The fourth-order valence-electron chi connectivity index (χ4n) is 2.71. The lowest BCUT2D eigenvalue weighted by Gasteiger charge is -2.25. The van der Waals surface area contributed by atoms with Crippen molar-refractivity contribution in [2.75, 3.05) is 0 Å². The van der Waals surface area contributed by atoms with Gasteiger partial charge in [0.1, 0.15) is 0 Å². The van der Waals surface area contributed by atoms with E-state index in [9.17, 15) is 0 Å². The van der Waals surface area contributed by atoms with Crippen LogP contribution in [0, 0.1) is 0 Å². The third kappa shape index (κ3) is 1.17. The smallest absolute Gasteiger partial charge is 0.0178 e. The van der Waals surface area contributed by atoms with Gasteiger partial charge in [0.25, 0.3) is 0 Å². The number of hydrogen-bond donors (Lipinski definition) is 0. The van der Waals surface area contributed by atoms with E-state index in [1.54, 1.807) is 11.1 Å². The van der Waals surface area contributed by atoms with E-state index in [2.05, 4.69) is 34.1 Å². The fraction of sp³-hybridized carbons (Fsp3) is 0.500. The van der Waals surface area contributed by atoms with E-state index in [4.69, 9.17) is 0 Å². The van der Waals surface area contributed by atoms with Crippen LogP contribution in [-0.4, -0.2) is 0 Å². The standard InChI is InChI=1S/C12H13Br/c13-10-3-4-11-9(8-10)2-1-5-12(11)6-7-12/h3-4,8H,1-2,5-7H2. The minimum Gasteiger partial charge on any atom is -0.0571 e. The first-order chi connectivity index (χ1) is 6.30. The van der Waals surface area contributed by atoms with Crippen LogP contribution in [0.25, 0.3) is 0 Å². The Kier molecular flexibility index (Phi) is 1.61. The summed E-state index contributed by atoms with van der Waals surface area (Å²) in [7, 11) is 0. The molecule has 1 saturated carbocycles. The van der Waals surface area contributed by atoms with Crippen molar-refractivity contribution in [1.82, 2.24) is 0 Å². The van der Waals surface area contributed by atoms with E-state index in [0.717, 1.165) is 0 Å². The lowest BCUT2D eigenvalue weighted by Crippen LogP contribution is -2.15. The maximum atomic E-state index is 3.55. The predicted octanol–water partition coefficient (Wildman–Crippen LogP) is 3.82. The lowest BCUT2D eigenvalue weighted by atomic mass is 9.80. The highest BCUT2D eigenvalue weighted by molar-refractivity contribution is 9.10. The zero-order chi connectivity index (χ0) is 8.89. The van der Waals surface area contributed by atoms with E-state index < -0.39 is 0 Å². The second-order valence-electron chi connectivity index (χ2n) is 4.44. The van der Waals surface area contributed by atoms with Crippen molar-refractivity contribution in [1.29, 1.82) is 0 Å². The van der Waals surface area contributed by atoms with Gasteiger partial charge in [-0.2, -0.15) is 0 Å². The second kappa shape index (κ2) is 2.60. The highest BCUT2D eigenvalue weighted by atomic mass is 79.9. The van der Waals surface area contributed by atoms with Crippen molar-refractivity contribution in [2.45, 2.75) is 37.5 Å². The average Bonchev–Trinajstić information content (AvgIpc) is 2.86. The molecule has 0 bridgehead atoms. The molecule has 68 valence electrons. The molecule has 13 heavy (non-hydrogen) atoms. The zero-order valence-electron chi connectivity index (χ0n) is 7.65. The van der Waals surface area contributed by atoms with Crippen LogP contribution in [-0.2, 0) is 11.8 Å². The third-order valence-corrected chi connectivity index (χ3v) is 4.09. The third-order valence-electron chi connectivity index (χ3n) is 3.59. The van der Waals surface area contributed by atoms with Gasteiger partial charge >= 0.3 is 0 Å². The Morgan fingerprint density at radius 2 is 2.00 bits per heavy atom. The van der Waals surface area contributed by atoms with Gasteiger partial charge in [-0.15, -0.1) is 0 Å². The molecule has 0 aliphatic heterocycles. The molecule has 0 amide bonds. The molecule has 0 heterocycles. The van der Waals surface area contributed by atoms with E-state index in [1.165, 1.54) is 36.6 Å². The van der Waals surface area contributed by atoms with Gasteiger partial charge in [-0.1, -0.05) is 22.0 Å². The van der Waals surface area contributed by atoms with Crippen molar-refractivity contribution in [3.05, 3.63) is 33.8 Å². The molecule has 0 nitrogen and oxygen atoms in total. The molecule has 1 aromatic carbocycles. The molecule has 1 spiro atoms. The Morgan fingerprint density at radius 1 is 1.15 bits per heavy atom. The maximum absolute atomic E-state index is 3.55. The predicted molar refractivity (Wildman–Crippen MR) is 58.0 cm³/mol. The summed E-state index contributed by atoms with van der Waals surface area (Å²) < 4.78 is 1.24. The Hall–Kier alpha value is -0.300. The molecule has 2 aliphatic rings. The first-order valence-corrected chi connectivity index (χ1v) is 5.88. The van der Waals surface area contributed by atoms with Crippen LogP contribution in [0.1, 0.15) is 36.8 Å². The Bertz CT molecular complexity index is 350. The topological polar surface area (TPSA) is 0 Å². The molecule has 2 aliphatic carbocycles. The molecular weight excluding hydrogens is 224 g/mol. The summed E-state index contributed by atoms with van der Waals surface area (Å²) in [6.45, 7) is 0. The van der Waals surface area contributed by atoms with E-state index in [1.807, 2.05) is 0 Å². The van der Waals surface area contributed by atoms with E-state index >= 15 is 0 Å². The monoisotopic (exact) mass is 236 g/mol. The number of halogens is 1. The number of fused-ring (bicyclic) bond motifs is 2. The van der Waals surface area contributed by atoms with Gasteiger partial charge in [-0.3, -0.25) is 0 Å². The minimum absolute atomic E-state index is 0.633. The van der Waals surface area contributed by atoms with Crippen LogP contribution in [0.2, 0.25) is 0 Å². The van der Waals surface area contributed by atoms with Crippen LogP contribution in [0.5, 0.6) is 0 Å². The summed E-state index contributed by atoms with van der Waals surface area (Å²) in [6.07, 6.45) is 6.98. The number of rotatable bonds is 0. The largest absolute Gasteiger partial charge is 0.0571 e. The molecule has 0 atom stereocenters. The Labute approximate surface area is 87.5 Å². The fourth-order valence-corrected chi connectivity index (χ4v) is 3.12. The Balaban J connectivity index is 2.15. The number of aryl methyl sites for hydroxylation is 1. The van der Waals surface area contributed by atoms with Gasteiger partial charge in [0.05, 0.1) is 0 Å². The van der Waals surface area contributed by atoms with Crippen molar-refractivity contribution in [2.24, 2.45) is 0 Å². The van der Waals surface area contributed by atoms with Crippen LogP contribution in [0.3, 0.4) is 0 Å². The quantitative estimate of drug-likeness (QED) is 0.643. The molecule has 0 N–H and O–H groups in total. The van der Waals surface area contributed by atoms with E-state index in [-0.39, 0.29) is 0 Å². The lowest BCUT2D eigenvalue weighted by molar-refractivity contribution is 0.542. The molecular formula is C12H13Br. The van der Waals surface area contributed by atoms with Gasteiger partial charge in [0.2, 0.25) is 0 Å². The molecule has 0 radical (unpaired) electrons. The summed E-state index contributed by atoms with van der Waals surface area (Å²) >= 11 is 3.55. The van der Waals surface area contributed by atoms with Gasteiger partial charge in [-0.05, 0) is 60.8 Å². The molecule has 1 heteroatoms. The Morgan fingerprint density at radius 3 is 2.77 bits per heavy atom. The molecule has 0 saturated heterocycles. The minimum atomic E-state index is 0.633. The molecule has 1 aromatic rings. The highest BCUT2D eigenvalue weighted by Crippen LogP contribution is 2.55. The first-order valence-electron chi connectivity index (χ1n) is 5.09. The number of benzene rings is 1. The summed E-state index contributed by atoms with van der Waals surface area (Å²) in [6, 6.07) is 6.85. The normalized spacial score (nSPS) is 22.8. The summed E-state index contributed by atoms with van der Waals surface area (Å²) in [4.78, 5) is 0. The summed E-state index contributed by atoms with van der Waals surface area (Å²) in [5.41, 5.74) is 3.88. The SMILES string of the molecule is Brc1ccc2c(c1)CCCC21CC1. The van der Waals surface area contributed by atoms with Gasteiger partial charge in [0, 0.05) is 4.47 Å². The highest BCUT2D eigenvalue weighted by Gasteiger charge is 2.46. The van der Waals surface area contributed by atoms with Crippen LogP contribution in [0.15, 0.2) is 22.7 Å². The second-order valence-corrected chi connectivity index (χ2v) is 5.35. The van der Waals surface area contributed by atoms with E-state index in [0.29, 0.717) is 5.41 Å². The average molecular weight is 237 g/mol. The maximum Gasteiger partial charge on any atom is 0.0178 e. The molecule has 3 rings (SSSR count). The van der Waals surface area contributed by atoms with Gasteiger partial charge in [-0.25, -0.2) is 0 Å². The van der Waals surface area contributed by atoms with Crippen molar-refractivity contribution >= 4 is 15.9 Å². The van der Waals surface area contributed by atoms with Gasteiger partial charge < -0.3 is 0 Å². The van der Waals surface area contributed by atoms with Gasteiger partial charge in [0.15, 0.2) is 0 Å². The van der Waals surface area contributed by atoms with Crippen molar-refractivity contribution in [3.8, 4) is 0 Å². The van der Waals surface area contributed by atoms with Crippen LogP contribution < -0.4 is 0 Å². The first kappa shape index (κ1) is 8.05. The van der Waals surface area contributed by atoms with Crippen molar-refractivity contribution in [3.63, 3.8) is 0 Å². The van der Waals surface area contributed by atoms with Crippen molar-refractivity contribution < 1.29 is 0 Å². The molecule has 0 unspecified atom stereocenters. The van der Waals surface area contributed by atoms with Crippen LogP contribution in [0.4, 0.5) is 0 Å². The molecule has 1 fully saturated rings. The van der Waals surface area contributed by atoms with Crippen LogP contribution >= 0.6 is 15.9 Å². The summed E-state index contributed by atoms with van der Waals surface area (Å²) in [5.74, 6) is 0.